The van der Waals surface area contributed by atoms with Crippen LogP contribution in [0.25, 0.3) is 28.0 Å². The third-order valence-corrected chi connectivity index (χ3v) is 7.06. The number of carboxylic acids is 1. The van der Waals surface area contributed by atoms with E-state index in [-0.39, 0.29) is 24.6 Å². The number of benzene rings is 3. The maximum Gasteiger partial charge on any atom is 0.407 e. The minimum atomic E-state index is -1.18. The summed E-state index contributed by atoms with van der Waals surface area (Å²) in [5.74, 6) is -0.872. The maximum absolute atomic E-state index is 12.7. The van der Waals surface area contributed by atoms with Crippen LogP contribution in [0.1, 0.15) is 28.3 Å². The van der Waals surface area contributed by atoms with E-state index in [2.05, 4.69) is 27.4 Å². The van der Waals surface area contributed by atoms with E-state index in [9.17, 15) is 14.7 Å². The molecule has 2 aromatic heterocycles. The Bertz CT molecular complexity index is 1760. The van der Waals surface area contributed by atoms with Gasteiger partial charge in [0.05, 0.1) is 0 Å². The minimum Gasteiger partial charge on any atom is -0.480 e. The van der Waals surface area contributed by atoms with Crippen molar-refractivity contribution in [3.63, 3.8) is 0 Å². The Labute approximate surface area is 229 Å². The van der Waals surface area contributed by atoms with Crippen molar-refractivity contribution in [2.45, 2.75) is 18.4 Å². The Hall–Kier alpha value is -5.49. The molecular weight excluding hydrogens is 506 g/mol. The van der Waals surface area contributed by atoms with Crippen LogP contribution in [-0.2, 0) is 16.0 Å². The maximum atomic E-state index is 12.7. The van der Waals surface area contributed by atoms with E-state index < -0.39 is 18.1 Å². The van der Waals surface area contributed by atoms with Crippen molar-refractivity contribution in [2.75, 3.05) is 6.61 Å². The molecular formula is C31H23N5O4. The van der Waals surface area contributed by atoms with E-state index in [0.717, 1.165) is 33.4 Å². The number of nitrogens with zero attached hydrogens (tertiary/aromatic N) is 4. The predicted octanol–water partition coefficient (Wildman–Crippen LogP) is 4.80. The number of carbonyl (C=O) groups excluding carboxylic acids is 1. The summed E-state index contributed by atoms with van der Waals surface area (Å²) in [4.78, 5) is 33.2. The molecule has 1 unspecified atom stereocenters. The molecule has 1 aliphatic carbocycles. The Balaban J connectivity index is 1.14. The SMILES string of the molecule is N#Cc1cn2cc(-c3cccc(CC(NC(=O)OCC4c5ccccc5-c5ccccc54)C(=O)O)c3)cnc2n1. The first-order chi connectivity index (χ1) is 19.5. The number of ether oxygens (including phenoxy) is 1. The van der Waals surface area contributed by atoms with Crippen molar-refractivity contribution in [3.8, 4) is 28.3 Å². The van der Waals surface area contributed by atoms with E-state index in [0.29, 0.717) is 11.3 Å². The highest BCUT2D eigenvalue weighted by Gasteiger charge is 2.29. The number of fused-ring (bicyclic) bond motifs is 4. The van der Waals surface area contributed by atoms with E-state index >= 15 is 0 Å². The van der Waals surface area contributed by atoms with Gasteiger partial charge in [-0.1, -0.05) is 72.8 Å². The van der Waals surface area contributed by atoms with Crippen LogP contribution in [0.15, 0.2) is 91.4 Å². The Morgan fingerprint density at radius 1 is 1.00 bits per heavy atom. The summed E-state index contributed by atoms with van der Waals surface area (Å²) in [7, 11) is 0. The van der Waals surface area contributed by atoms with Gasteiger partial charge in [0.15, 0.2) is 5.69 Å². The minimum absolute atomic E-state index is 0.0622. The number of alkyl carbamates (subject to hydrolysis) is 1. The van der Waals surface area contributed by atoms with Gasteiger partial charge in [-0.05, 0) is 33.4 Å². The molecule has 1 amide bonds. The number of amides is 1. The zero-order valence-electron chi connectivity index (χ0n) is 21.2. The molecule has 196 valence electrons. The number of aromatic nitrogens is 3. The highest BCUT2D eigenvalue weighted by atomic mass is 16.5. The second kappa shape index (κ2) is 10.3. The van der Waals surface area contributed by atoms with Crippen molar-refractivity contribution in [3.05, 3.63) is 114 Å². The molecule has 1 atom stereocenters. The molecule has 0 fully saturated rings. The molecule has 0 bridgehead atoms. The lowest BCUT2D eigenvalue weighted by Crippen LogP contribution is -2.42. The number of imidazole rings is 1. The molecule has 2 heterocycles. The number of nitrogens with one attached hydrogen (secondary N) is 1. The summed E-state index contributed by atoms with van der Waals surface area (Å²) >= 11 is 0. The molecule has 9 heteroatoms. The summed E-state index contributed by atoms with van der Waals surface area (Å²) in [6.07, 6.45) is 4.32. The van der Waals surface area contributed by atoms with Gasteiger partial charge in [-0.2, -0.15) is 10.2 Å². The van der Waals surface area contributed by atoms with E-state index in [1.54, 1.807) is 29.1 Å². The number of aliphatic carboxylic acids is 1. The van der Waals surface area contributed by atoms with Crippen molar-refractivity contribution in [2.24, 2.45) is 0 Å². The summed E-state index contributed by atoms with van der Waals surface area (Å²) in [6.45, 7) is 0.0962. The number of carboxylic acid groups (broad SMARTS) is 1. The zero-order chi connectivity index (χ0) is 27.6. The van der Waals surface area contributed by atoms with Gasteiger partial charge >= 0.3 is 12.1 Å². The summed E-state index contributed by atoms with van der Waals surface area (Å²) in [5.41, 5.74) is 6.95. The molecule has 2 N–H and O–H groups in total. The molecule has 5 aromatic rings. The van der Waals surface area contributed by atoms with Crippen LogP contribution in [0, 0.1) is 11.3 Å². The smallest absolute Gasteiger partial charge is 0.407 e. The third kappa shape index (κ3) is 4.74. The van der Waals surface area contributed by atoms with Crippen molar-refractivity contribution < 1.29 is 19.4 Å². The van der Waals surface area contributed by atoms with Crippen molar-refractivity contribution in [1.29, 1.82) is 5.26 Å². The Morgan fingerprint density at radius 2 is 1.73 bits per heavy atom. The number of nitriles is 1. The van der Waals surface area contributed by atoms with Crippen LogP contribution in [0.3, 0.4) is 0 Å². The molecule has 9 nitrogen and oxygen atoms in total. The lowest BCUT2D eigenvalue weighted by molar-refractivity contribution is -0.139. The lowest BCUT2D eigenvalue weighted by Gasteiger charge is -2.18. The first-order valence-electron chi connectivity index (χ1n) is 12.7. The van der Waals surface area contributed by atoms with E-state index in [1.807, 2.05) is 60.7 Å². The first kappa shape index (κ1) is 24.8. The first-order valence-corrected chi connectivity index (χ1v) is 12.7. The van der Waals surface area contributed by atoms with Crippen LogP contribution < -0.4 is 5.32 Å². The molecule has 6 rings (SSSR count). The number of hydrogen-bond donors (Lipinski definition) is 2. The van der Waals surface area contributed by atoms with Gasteiger partial charge in [-0.25, -0.2) is 14.6 Å². The van der Waals surface area contributed by atoms with Crippen molar-refractivity contribution in [1.82, 2.24) is 19.7 Å². The molecule has 3 aromatic carbocycles. The zero-order valence-corrected chi connectivity index (χ0v) is 21.2. The van der Waals surface area contributed by atoms with Gasteiger partial charge in [0.2, 0.25) is 5.78 Å². The average molecular weight is 530 g/mol. The van der Waals surface area contributed by atoms with Gasteiger partial charge < -0.3 is 15.2 Å². The number of carbonyl (C=O) groups is 2. The monoisotopic (exact) mass is 529 g/mol. The van der Waals surface area contributed by atoms with Gasteiger partial charge in [-0.15, -0.1) is 0 Å². The van der Waals surface area contributed by atoms with Gasteiger partial charge in [-0.3, -0.25) is 4.40 Å². The third-order valence-electron chi connectivity index (χ3n) is 7.06. The predicted molar refractivity (Wildman–Crippen MR) is 146 cm³/mol. The Morgan fingerprint density at radius 3 is 2.42 bits per heavy atom. The topological polar surface area (TPSA) is 130 Å². The molecule has 0 spiro atoms. The second-order valence-electron chi connectivity index (χ2n) is 9.55. The van der Waals surface area contributed by atoms with Gasteiger partial charge in [0.25, 0.3) is 0 Å². The molecule has 1 aliphatic rings. The summed E-state index contributed by atoms with van der Waals surface area (Å²) in [5, 5.41) is 21.4. The van der Waals surface area contributed by atoms with Crippen LogP contribution in [0.2, 0.25) is 0 Å². The largest absolute Gasteiger partial charge is 0.480 e. The van der Waals surface area contributed by atoms with E-state index in [4.69, 9.17) is 10.00 Å². The quantitative estimate of drug-likeness (QED) is 0.310. The van der Waals surface area contributed by atoms with Crippen LogP contribution in [-0.4, -0.2) is 44.2 Å². The van der Waals surface area contributed by atoms with E-state index in [1.165, 1.54) is 0 Å². The van der Waals surface area contributed by atoms with Gasteiger partial charge in [0.1, 0.15) is 18.7 Å². The fourth-order valence-electron chi connectivity index (χ4n) is 5.18. The lowest BCUT2D eigenvalue weighted by atomic mass is 9.98. The normalized spacial score (nSPS) is 12.8. The average Bonchev–Trinajstić information content (AvgIpc) is 3.54. The molecule has 0 saturated heterocycles. The molecule has 0 radical (unpaired) electrons. The summed E-state index contributed by atoms with van der Waals surface area (Å²) < 4.78 is 7.22. The molecule has 0 saturated carbocycles. The number of rotatable bonds is 7. The second-order valence-corrected chi connectivity index (χ2v) is 9.55. The van der Waals surface area contributed by atoms with Crippen molar-refractivity contribution >= 4 is 17.8 Å². The standard InChI is InChI=1S/C31H23N5O4/c32-14-22-17-36-16-21(15-33-30(36)34-22)20-7-5-6-19(12-20)13-28(29(37)38)35-31(39)40-18-27-25-10-3-1-8-23(25)24-9-2-4-11-26(24)27/h1-12,15-17,27-28H,13,18H2,(H,35,39)(H,37,38). The molecule has 0 aliphatic heterocycles. The van der Waals surface area contributed by atoms with Crippen LogP contribution in [0.4, 0.5) is 4.79 Å². The highest BCUT2D eigenvalue weighted by Crippen LogP contribution is 2.44. The van der Waals surface area contributed by atoms with Gasteiger partial charge in [0, 0.05) is 36.5 Å². The Kier molecular flexibility index (Phi) is 6.42. The van der Waals surface area contributed by atoms with Crippen LogP contribution >= 0.6 is 0 Å². The fraction of sp³-hybridized carbons (Fsp3) is 0.129. The number of hydrogen-bond acceptors (Lipinski definition) is 6. The highest BCUT2D eigenvalue weighted by molar-refractivity contribution is 5.81. The van der Waals surface area contributed by atoms with Crippen LogP contribution in [0.5, 0.6) is 0 Å². The fourth-order valence-corrected chi connectivity index (χ4v) is 5.18. The molecule has 40 heavy (non-hydrogen) atoms. The summed E-state index contributed by atoms with van der Waals surface area (Å²) in [6, 6.07) is 24.2.